The monoisotopic (exact) mass is 399 g/mol. The van der Waals surface area contributed by atoms with Crippen LogP contribution < -0.4 is 20.2 Å². The van der Waals surface area contributed by atoms with Gasteiger partial charge in [-0.25, -0.2) is 0 Å². The number of hydrogen-bond acceptors (Lipinski definition) is 5. The summed E-state index contributed by atoms with van der Waals surface area (Å²) in [7, 11) is 0. The van der Waals surface area contributed by atoms with Gasteiger partial charge in [-0.15, -0.1) is 0 Å². The molecule has 3 aromatic carbocycles. The van der Waals surface area contributed by atoms with Crippen LogP contribution in [0.2, 0.25) is 0 Å². The first-order valence-electron chi connectivity index (χ1n) is 9.90. The van der Waals surface area contributed by atoms with E-state index >= 15 is 0 Å². The van der Waals surface area contributed by atoms with E-state index in [0.717, 1.165) is 46.0 Å². The minimum Gasteiger partial charge on any atom is -0.454 e. The average molecular weight is 399 g/mol. The zero-order chi connectivity index (χ0) is 20.5. The number of anilines is 1. The lowest BCUT2D eigenvalue weighted by Gasteiger charge is -2.12. The quantitative estimate of drug-likeness (QED) is 0.700. The van der Waals surface area contributed by atoms with Gasteiger partial charge in [-0.2, -0.15) is 5.10 Å². The van der Waals surface area contributed by atoms with Gasteiger partial charge in [0.1, 0.15) is 0 Å². The van der Waals surface area contributed by atoms with Crippen molar-refractivity contribution in [2.24, 2.45) is 5.10 Å². The molecule has 0 radical (unpaired) electrons. The lowest BCUT2D eigenvalue weighted by molar-refractivity contribution is 0.102. The smallest absolute Gasteiger partial charge is 0.255 e. The van der Waals surface area contributed by atoms with E-state index in [1.54, 1.807) is 12.1 Å². The molecule has 0 aromatic heterocycles. The van der Waals surface area contributed by atoms with Crippen LogP contribution in [0.3, 0.4) is 0 Å². The van der Waals surface area contributed by atoms with Crippen molar-refractivity contribution in [3.63, 3.8) is 0 Å². The predicted molar refractivity (Wildman–Crippen MR) is 115 cm³/mol. The summed E-state index contributed by atoms with van der Waals surface area (Å²) in [6.45, 7) is 2.34. The molecule has 6 heteroatoms. The summed E-state index contributed by atoms with van der Waals surface area (Å²) >= 11 is 0. The Balaban J connectivity index is 1.44. The number of ether oxygens (including phenoxy) is 2. The van der Waals surface area contributed by atoms with Gasteiger partial charge in [-0.1, -0.05) is 30.3 Å². The Labute approximate surface area is 174 Å². The Kier molecular flexibility index (Phi) is 4.59. The van der Waals surface area contributed by atoms with E-state index in [-0.39, 0.29) is 18.7 Å². The van der Waals surface area contributed by atoms with Gasteiger partial charge in [0, 0.05) is 28.4 Å². The number of fused-ring (bicyclic) bond motifs is 2. The maximum Gasteiger partial charge on any atom is 0.255 e. The molecule has 0 saturated heterocycles. The topological polar surface area (TPSA) is 72.0 Å². The molecular weight excluding hydrogens is 378 g/mol. The van der Waals surface area contributed by atoms with E-state index in [4.69, 9.17) is 9.47 Å². The highest BCUT2D eigenvalue weighted by Gasteiger charge is 2.24. The van der Waals surface area contributed by atoms with Gasteiger partial charge in [0.2, 0.25) is 6.79 Å². The number of hydrogen-bond donors (Lipinski definition) is 2. The van der Waals surface area contributed by atoms with E-state index in [0.29, 0.717) is 5.56 Å². The molecule has 0 spiro atoms. The summed E-state index contributed by atoms with van der Waals surface area (Å²) in [6, 6.07) is 21.1. The molecule has 150 valence electrons. The molecule has 6 nitrogen and oxygen atoms in total. The fourth-order valence-electron chi connectivity index (χ4n) is 3.71. The first kappa shape index (κ1) is 18.2. The van der Waals surface area contributed by atoms with Crippen molar-refractivity contribution >= 4 is 17.3 Å². The molecule has 2 N–H and O–H groups in total. The second-order valence-electron chi connectivity index (χ2n) is 7.45. The van der Waals surface area contributed by atoms with Gasteiger partial charge in [0.05, 0.1) is 5.71 Å². The average Bonchev–Trinajstić information content (AvgIpc) is 3.16. The van der Waals surface area contributed by atoms with Crippen LogP contribution in [0, 0.1) is 0 Å². The van der Waals surface area contributed by atoms with E-state index in [1.165, 1.54) is 0 Å². The third kappa shape index (κ3) is 3.48. The van der Waals surface area contributed by atoms with Crippen LogP contribution in [0.4, 0.5) is 5.69 Å². The van der Waals surface area contributed by atoms with Crippen molar-refractivity contribution < 1.29 is 14.3 Å². The van der Waals surface area contributed by atoms with Crippen LogP contribution in [-0.4, -0.2) is 24.5 Å². The van der Waals surface area contributed by atoms with Crippen LogP contribution in [0.25, 0.3) is 0 Å². The van der Waals surface area contributed by atoms with E-state index in [9.17, 15) is 4.79 Å². The number of amides is 1. The first-order valence-corrected chi connectivity index (χ1v) is 9.90. The number of rotatable bonds is 3. The lowest BCUT2D eigenvalue weighted by atomic mass is 9.94. The highest BCUT2D eigenvalue weighted by atomic mass is 16.7. The van der Waals surface area contributed by atoms with Gasteiger partial charge < -0.3 is 20.2 Å². The maximum atomic E-state index is 12.4. The molecule has 2 aliphatic rings. The Morgan fingerprint density at radius 2 is 1.77 bits per heavy atom. The standard InChI is InChI=1S/C24H21N3O3/c1-15-11-18-12-21-22(30-14-29-21)13-20(18)23(27-26-15)16-7-9-19(10-8-16)25-24(28)17-5-3-2-4-6-17/h2-10,12-13,15,26H,11,14H2,1H3,(H,25,28). The minimum absolute atomic E-state index is 0.135. The second kappa shape index (κ2) is 7.55. The van der Waals surface area contributed by atoms with Gasteiger partial charge in [-0.3, -0.25) is 4.79 Å². The third-order valence-corrected chi connectivity index (χ3v) is 5.23. The normalized spacial score (nSPS) is 16.7. The number of nitrogens with zero attached hydrogens (tertiary/aromatic N) is 1. The van der Waals surface area contributed by atoms with Crippen LogP contribution in [-0.2, 0) is 6.42 Å². The highest BCUT2D eigenvalue weighted by molar-refractivity contribution is 6.14. The number of carbonyl (C=O) groups is 1. The summed E-state index contributed by atoms with van der Waals surface area (Å²) in [5, 5.41) is 7.59. The van der Waals surface area contributed by atoms with Crippen molar-refractivity contribution in [3.05, 3.63) is 89.0 Å². The van der Waals surface area contributed by atoms with Crippen molar-refractivity contribution in [2.75, 3.05) is 12.1 Å². The first-order chi connectivity index (χ1) is 14.7. The predicted octanol–water partition coefficient (Wildman–Crippen LogP) is 3.95. The van der Waals surface area contributed by atoms with Crippen LogP contribution in [0.15, 0.2) is 71.8 Å². The second-order valence-corrected chi connectivity index (χ2v) is 7.45. The summed E-state index contributed by atoms with van der Waals surface area (Å²) in [5.74, 6) is 1.38. The summed E-state index contributed by atoms with van der Waals surface area (Å²) < 4.78 is 11.1. The van der Waals surface area contributed by atoms with E-state index in [1.807, 2.05) is 54.6 Å². The zero-order valence-corrected chi connectivity index (χ0v) is 16.5. The Morgan fingerprint density at radius 1 is 1.03 bits per heavy atom. The molecule has 30 heavy (non-hydrogen) atoms. The molecule has 1 atom stereocenters. The number of benzene rings is 3. The number of nitrogens with one attached hydrogen (secondary N) is 2. The summed E-state index contributed by atoms with van der Waals surface area (Å²) in [5.41, 5.74) is 8.56. The van der Waals surface area contributed by atoms with Crippen molar-refractivity contribution in [1.29, 1.82) is 0 Å². The number of hydrazone groups is 1. The van der Waals surface area contributed by atoms with Crippen LogP contribution in [0.1, 0.15) is 34.0 Å². The molecule has 0 saturated carbocycles. The fourth-order valence-corrected chi connectivity index (χ4v) is 3.71. The SMILES string of the molecule is CC1Cc2cc3c(cc2C(c2ccc(NC(=O)c4ccccc4)cc2)=NN1)OCO3. The molecule has 3 aromatic rings. The molecule has 1 amide bonds. The summed E-state index contributed by atoms with van der Waals surface area (Å²) in [6.07, 6.45) is 0.837. The largest absolute Gasteiger partial charge is 0.454 e. The molecule has 1 unspecified atom stereocenters. The lowest BCUT2D eigenvalue weighted by Crippen LogP contribution is -2.21. The molecule has 0 aliphatic carbocycles. The van der Waals surface area contributed by atoms with Gasteiger partial charge in [-0.05, 0) is 55.3 Å². The third-order valence-electron chi connectivity index (χ3n) is 5.23. The van der Waals surface area contributed by atoms with Gasteiger partial charge >= 0.3 is 0 Å². The molecule has 2 aliphatic heterocycles. The zero-order valence-electron chi connectivity index (χ0n) is 16.5. The van der Waals surface area contributed by atoms with Crippen molar-refractivity contribution in [2.45, 2.75) is 19.4 Å². The highest BCUT2D eigenvalue weighted by Crippen LogP contribution is 2.36. The van der Waals surface area contributed by atoms with Crippen LogP contribution >= 0.6 is 0 Å². The molecule has 0 fully saturated rings. The Hall–Kier alpha value is -3.80. The van der Waals surface area contributed by atoms with E-state index in [2.05, 4.69) is 22.8 Å². The maximum absolute atomic E-state index is 12.4. The minimum atomic E-state index is -0.135. The molecule has 0 bridgehead atoms. The summed E-state index contributed by atoms with van der Waals surface area (Å²) in [4.78, 5) is 12.4. The van der Waals surface area contributed by atoms with E-state index < -0.39 is 0 Å². The van der Waals surface area contributed by atoms with Gasteiger partial charge in [0.25, 0.3) is 5.91 Å². The Morgan fingerprint density at radius 3 is 2.53 bits per heavy atom. The fraction of sp³-hybridized carbons (Fsp3) is 0.167. The molecular formula is C24H21N3O3. The van der Waals surface area contributed by atoms with Crippen molar-refractivity contribution in [3.8, 4) is 11.5 Å². The number of carbonyl (C=O) groups excluding carboxylic acids is 1. The molecule has 5 rings (SSSR count). The van der Waals surface area contributed by atoms with Crippen LogP contribution in [0.5, 0.6) is 11.5 Å². The molecule has 2 heterocycles. The van der Waals surface area contributed by atoms with Gasteiger partial charge in [0.15, 0.2) is 11.5 Å². The Bertz CT molecular complexity index is 1120. The van der Waals surface area contributed by atoms with Crippen molar-refractivity contribution in [1.82, 2.24) is 5.43 Å².